The van der Waals surface area contributed by atoms with Crippen molar-refractivity contribution in [1.82, 2.24) is 15.2 Å². The zero-order valence-electron chi connectivity index (χ0n) is 15.6. The number of H-pyrrole nitrogens is 1. The third-order valence-electron chi connectivity index (χ3n) is 4.39. The van der Waals surface area contributed by atoms with Crippen molar-refractivity contribution >= 4 is 23.4 Å². The minimum absolute atomic E-state index is 0.137. The number of nitrogens with zero attached hydrogens (tertiary/aromatic N) is 2. The van der Waals surface area contributed by atoms with Gasteiger partial charge in [-0.1, -0.05) is 43.0 Å². The number of rotatable bonds is 6. The predicted molar refractivity (Wildman–Crippen MR) is 108 cm³/mol. The van der Waals surface area contributed by atoms with Crippen molar-refractivity contribution < 1.29 is 14.3 Å². The molecule has 0 saturated heterocycles. The van der Waals surface area contributed by atoms with Gasteiger partial charge in [0.15, 0.2) is 17.3 Å². The first-order chi connectivity index (χ1) is 13.6. The Morgan fingerprint density at radius 1 is 1.21 bits per heavy atom. The van der Waals surface area contributed by atoms with Crippen LogP contribution in [0, 0.1) is 0 Å². The second-order valence-electron chi connectivity index (χ2n) is 6.33. The van der Waals surface area contributed by atoms with Gasteiger partial charge in [-0.2, -0.15) is 0 Å². The van der Waals surface area contributed by atoms with Gasteiger partial charge in [0.05, 0.1) is 5.25 Å². The number of aromatic amines is 1. The van der Waals surface area contributed by atoms with E-state index in [2.05, 4.69) is 39.6 Å². The molecule has 0 spiro atoms. The normalized spacial score (nSPS) is 13.4. The van der Waals surface area contributed by atoms with E-state index in [0.29, 0.717) is 28.2 Å². The predicted octanol–water partition coefficient (Wildman–Crippen LogP) is 3.88. The average molecular weight is 396 g/mol. The molecule has 2 N–H and O–H groups in total. The van der Waals surface area contributed by atoms with Crippen LogP contribution in [0.5, 0.6) is 11.5 Å². The molecule has 7 nitrogen and oxygen atoms in total. The minimum atomic E-state index is -0.364. The van der Waals surface area contributed by atoms with Gasteiger partial charge in [-0.15, -0.1) is 5.10 Å². The maximum atomic E-state index is 12.5. The second-order valence-corrected chi connectivity index (χ2v) is 7.64. The van der Waals surface area contributed by atoms with Gasteiger partial charge in [0.2, 0.25) is 17.9 Å². The summed E-state index contributed by atoms with van der Waals surface area (Å²) in [5.74, 6) is 1.86. The van der Waals surface area contributed by atoms with Crippen molar-refractivity contribution in [3.8, 4) is 22.9 Å². The summed E-state index contributed by atoms with van der Waals surface area (Å²) in [6.07, 6.45) is 0.994. The van der Waals surface area contributed by atoms with E-state index in [1.54, 1.807) is 18.2 Å². The largest absolute Gasteiger partial charge is 0.454 e. The molecule has 144 valence electrons. The van der Waals surface area contributed by atoms with Crippen LogP contribution in [0.2, 0.25) is 0 Å². The van der Waals surface area contributed by atoms with Crippen molar-refractivity contribution in [2.45, 2.75) is 30.7 Å². The second kappa shape index (κ2) is 7.93. The highest BCUT2D eigenvalue weighted by Crippen LogP contribution is 2.34. The number of thioether (sulfide) groups is 1. The zero-order valence-corrected chi connectivity index (χ0v) is 16.4. The summed E-state index contributed by atoms with van der Waals surface area (Å²) in [5, 5.41) is 10.2. The third-order valence-corrected chi connectivity index (χ3v) is 5.35. The number of benzene rings is 2. The number of anilines is 1. The first-order valence-electron chi connectivity index (χ1n) is 9.01. The molecule has 1 atom stereocenters. The van der Waals surface area contributed by atoms with Crippen molar-refractivity contribution in [2.75, 3.05) is 12.1 Å². The van der Waals surface area contributed by atoms with Crippen molar-refractivity contribution in [3.63, 3.8) is 0 Å². The molecule has 0 unspecified atom stereocenters. The summed E-state index contributed by atoms with van der Waals surface area (Å²) >= 11 is 1.30. The fourth-order valence-electron chi connectivity index (χ4n) is 2.76. The molecule has 1 aromatic heterocycles. The van der Waals surface area contributed by atoms with E-state index >= 15 is 0 Å². The van der Waals surface area contributed by atoms with Gasteiger partial charge in [-0.25, -0.2) is 4.98 Å². The van der Waals surface area contributed by atoms with E-state index in [1.165, 1.54) is 17.3 Å². The van der Waals surface area contributed by atoms with Gasteiger partial charge in [-0.05, 0) is 31.0 Å². The SMILES string of the molecule is CCc1ccc(-c2nc(S[C@@H](C)C(=O)Nc3ccc4c(c3)OCO4)n[nH]2)cc1. The van der Waals surface area contributed by atoms with Crippen LogP contribution in [0.4, 0.5) is 5.69 Å². The van der Waals surface area contributed by atoms with Gasteiger partial charge in [0, 0.05) is 17.3 Å². The number of hydrogen-bond acceptors (Lipinski definition) is 6. The summed E-state index contributed by atoms with van der Waals surface area (Å²) in [6, 6.07) is 13.5. The summed E-state index contributed by atoms with van der Waals surface area (Å²) in [7, 11) is 0. The summed E-state index contributed by atoms with van der Waals surface area (Å²) in [6.45, 7) is 4.14. The Labute approximate surface area is 166 Å². The smallest absolute Gasteiger partial charge is 0.237 e. The molecule has 1 amide bonds. The number of aryl methyl sites for hydroxylation is 1. The Morgan fingerprint density at radius 2 is 2.00 bits per heavy atom. The summed E-state index contributed by atoms with van der Waals surface area (Å²) in [4.78, 5) is 17.0. The van der Waals surface area contributed by atoms with Crippen LogP contribution >= 0.6 is 11.8 Å². The van der Waals surface area contributed by atoms with Crippen LogP contribution in [-0.2, 0) is 11.2 Å². The maximum Gasteiger partial charge on any atom is 0.237 e. The number of aromatic nitrogens is 3. The quantitative estimate of drug-likeness (QED) is 0.615. The summed E-state index contributed by atoms with van der Waals surface area (Å²) in [5.41, 5.74) is 2.90. The molecule has 3 aromatic rings. The van der Waals surface area contributed by atoms with Gasteiger partial charge < -0.3 is 14.8 Å². The van der Waals surface area contributed by atoms with E-state index in [1.807, 2.05) is 19.1 Å². The molecule has 0 fully saturated rings. The lowest BCUT2D eigenvalue weighted by Gasteiger charge is -2.10. The van der Waals surface area contributed by atoms with Crippen molar-refractivity contribution in [2.24, 2.45) is 0 Å². The van der Waals surface area contributed by atoms with E-state index < -0.39 is 0 Å². The highest BCUT2D eigenvalue weighted by atomic mass is 32.2. The highest BCUT2D eigenvalue weighted by Gasteiger charge is 2.19. The van der Waals surface area contributed by atoms with Gasteiger partial charge in [-0.3, -0.25) is 9.89 Å². The number of ether oxygens (including phenoxy) is 2. The molecule has 1 aliphatic heterocycles. The molecule has 2 aromatic carbocycles. The molecule has 2 heterocycles. The minimum Gasteiger partial charge on any atom is -0.454 e. The number of carbonyl (C=O) groups is 1. The van der Waals surface area contributed by atoms with Gasteiger partial charge in [0.1, 0.15) is 0 Å². The molecule has 8 heteroatoms. The maximum absolute atomic E-state index is 12.5. The third kappa shape index (κ3) is 3.96. The Morgan fingerprint density at radius 3 is 2.79 bits per heavy atom. The summed E-state index contributed by atoms with van der Waals surface area (Å²) < 4.78 is 10.6. The van der Waals surface area contributed by atoms with Crippen LogP contribution in [0.25, 0.3) is 11.4 Å². The van der Waals surface area contributed by atoms with E-state index in [-0.39, 0.29) is 18.0 Å². The van der Waals surface area contributed by atoms with Crippen molar-refractivity contribution in [1.29, 1.82) is 0 Å². The fraction of sp³-hybridized carbons (Fsp3) is 0.250. The molecular weight excluding hydrogens is 376 g/mol. The number of carbonyl (C=O) groups excluding carboxylic acids is 1. The standard InChI is InChI=1S/C20H20N4O3S/c1-3-13-4-6-14(7-5-13)18-22-20(24-23-18)28-12(2)19(25)21-15-8-9-16-17(10-15)27-11-26-16/h4-10,12H,3,11H2,1-2H3,(H,21,25)(H,22,23,24)/t12-/m0/s1. The van der Waals surface area contributed by atoms with Crippen LogP contribution in [-0.4, -0.2) is 33.1 Å². The lowest BCUT2D eigenvalue weighted by molar-refractivity contribution is -0.115. The molecule has 0 radical (unpaired) electrons. The molecule has 1 aliphatic rings. The highest BCUT2D eigenvalue weighted by molar-refractivity contribution is 8.00. The topological polar surface area (TPSA) is 89.1 Å². The first kappa shape index (κ1) is 18.4. The van der Waals surface area contributed by atoms with E-state index in [0.717, 1.165) is 12.0 Å². The number of hydrogen-bond donors (Lipinski definition) is 2. The average Bonchev–Trinajstić information content (AvgIpc) is 3.37. The molecule has 28 heavy (non-hydrogen) atoms. The van der Waals surface area contributed by atoms with E-state index in [9.17, 15) is 4.79 Å². The van der Waals surface area contributed by atoms with E-state index in [4.69, 9.17) is 9.47 Å². The molecule has 0 aliphatic carbocycles. The number of amides is 1. The molecule has 0 saturated carbocycles. The lowest BCUT2D eigenvalue weighted by Crippen LogP contribution is -2.22. The van der Waals surface area contributed by atoms with Gasteiger partial charge in [0.25, 0.3) is 0 Å². The van der Waals surface area contributed by atoms with Crippen LogP contribution in [0.3, 0.4) is 0 Å². The van der Waals surface area contributed by atoms with Gasteiger partial charge >= 0.3 is 0 Å². The van der Waals surface area contributed by atoms with Crippen molar-refractivity contribution in [3.05, 3.63) is 48.0 Å². The molecule has 4 rings (SSSR count). The Bertz CT molecular complexity index is 987. The number of nitrogens with one attached hydrogen (secondary N) is 2. The Kier molecular flexibility index (Phi) is 5.21. The monoisotopic (exact) mass is 396 g/mol. The zero-order chi connectivity index (χ0) is 19.5. The lowest BCUT2D eigenvalue weighted by atomic mass is 10.1. The van der Waals surface area contributed by atoms with Crippen LogP contribution in [0.1, 0.15) is 19.4 Å². The number of fused-ring (bicyclic) bond motifs is 1. The molecule has 0 bridgehead atoms. The molecular formula is C20H20N4O3S. The first-order valence-corrected chi connectivity index (χ1v) is 9.89. The van der Waals surface area contributed by atoms with Crippen LogP contribution in [0.15, 0.2) is 47.6 Å². The Balaban J connectivity index is 1.38. The Hall–Kier alpha value is -3.00. The fourth-order valence-corrected chi connectivity index (χ4v) is 3.48. The van der Waals surface area contributed by atoms with Crippen LogP contribution < -0.4 is 14.8 Å².